The van der Waals surface area contributed by atoms with Crippen molar-refractivity contribution in [1.82, 2.24) is 16.0 Å². The molecule has 2 amide bonds. The van der Waals surface area contributed by atoms with Gasteiger partial charge in [0.25, 0.3) is 0 Å². The summed E-state index contributed by atoms with van der Waals surface area (Å²) in [5.74, 6) is 0.607. The molecule has 2 aliphatic rings. The van der Waals surface area contributed by atoms with Gasteiger partial charge in [0.2, 0.25) is 11.8 Å². The fourth-order valence-corrected chi connectivity index (χ4v) is 1.79. The first-order chi connectivity index (χ1) is 7.16. The molecular formula is C10H17N3O2. The first-order valence-corrected chi connectivity index (χ1v) is 5.47. The maximum absolute atomic E-state index is 11.7. The zero-order valence-corrected chi connectivity index (χ0v) is 8.88. The molecule has 2 rings (SSSR count). The number of carbonyl (C=O) groups excluding carboxylic acids is 2. The zero-order chi connectivity index (χ0) is 10.8. The monoisotopic (exact) mass is 211 g/mol. The lowest BCUT2D eigenvalue weighted by atomic mass is 10.1. The van der Waals surface area contributed by atoms with Crippen LogP contribution in [0.5, 0.6) is 0 Å². The van der Waals surface area contributed by atoms with Crippen LogP contribution in [0.4, 0.5) is 0 Å². The molecule has 2 atom stereocenters. The van der Waals surface area contributed by atoms with E-state index in [0.29, 0.717) is 12.5 Å². The second-order valence-electron chi connectivity index (χ2n) is 4.37. The van der Waals surface area contributed by atoms with Gasteiger partial charge in [0.1, 0.15) is 6.04 Å². The van der Waals surface area contributed by atoms with E-state index in [1.807, 2.05) is 6.92 Å². The molecule has 5 heteroatoms. The topological polar surface area (TPSA) is 70.2 Å². The Labute approximate surface area is 89.0 Å². The third kappa shape index (κ3) is 2.68. The number of carbonyl (C=O) groups is 2. The van der Waals surface area contributed by atoms with Crippen LogP contribution < -0.4 is 16.0 Å². The molecule has 84 valence electrons. The summed E-state index contributed by atoms with van der Waals surface area (Å²) in [4.78, 5) is 22.6. The molecule has 2 unspecified atom stereocenters. The Bertz CT molecular complexity index is 266. The van der Waals surface area contributed by atoms with Gasteiger partial charge in [0, 0.05) is 12.6 Å². The second kappa shape index (κ2) is 4.18. The van der Waals surface area contributed by atoms with Crippen molar-refractivity contribution in [3.8, 4) is 0 Å². The van der Waals surface area contributed by atoms with Crippen molar-refractivity contribution in [1.29, 1.82) is 0 Å². The van der Waals surface area contributed by atoms with E-state index in [9.17, 15) is 9.59 Å². The number of hydrogen-bond donors (Lipinski definition) is 3. The van der Waals surface area contributed by atoms with Crippen molar-refractivity contribution in [3.63, 3.8) is 0 Å². The average Bonchev–Trinajstić information content (AvgIpc) is 3.01. The first kappa shape index (κ1) is 10.4. The van der Waals surface area contributed by atoms with Gasteiger partial charge < -0.3 is 10.6 Å². The lowest BCUT2D eigenvalue weighted by Crippen LogP contribution is -2.59. The molecule has 1 saturated heterocycles. The summed E-state index contributed by atoms with van der Waals surface area (Å²) in [6.07, 6.45) is 2.44. The molecule has 5 nitrogen and oxygen atoms in total. The van der Waals surface area contributed by atoms with Gasteiger partial charge in [-0.25, -0.2) is 0 Å². The Morgan fingerprint density at radius 3 is 2.80 bits per heavy atom. The number of rotatable bonds is 3. The Morgan fingerprint density at radius 1 is 1.53 bits per heavy atom. The van der Waals surface area contributed by atoms with Crippen molar-refractivity contribution in [3.05, 3.63) is 0 Å². The number of piperazine rings is 1. The van der Waals surface area contributed by atoms with Crippen LogP contribution in [0, 0.1) is 5.92 Å². The fourth-order valence-electron chi connectivity index (χ4n) is 1.79. The molecule has 1 aliphatic carbocycles. The molecule has 15 heavy (non-hydrogen) atoms. The van der Waals surface area contributed by atoms with E-state index in [-0.39, 0.29) is 30.4 Å². The van der Waals surface area contributed by atoms with Gasteiger partial charge in [-0.05, 0) is 25.7 Å². The van der Waals surface area contributed by atoms with Crippen LogP contribution in [-0.2, 0) is 9.59 Å². The third-order valence-electron chi connectivity index (χ3n) is 3.03. The summed E-state index contributed by atoms with van der Waals surface area (Å²) in [5.41, 5.74) is 0. The minimum absolute atomic E-state index is 0.00519. The predicted molar refractivity (Wildman–Crippen MR) is 55.1 cm³/mol. The van der Waals surface area contributed by atoms with E-state index >= 15 is 0 Å². The average molecular weight is 211 g/mol. The van der Waals surface area contributed by atoms with E-state index in [0.717, 1.165) is 0 Å². The maximum atomic E-state index is 11.7. The van der Waals surface area contributed by atoms with Crippen LogP contribution >= 0.6 is 0 Å². The zero-order valence-electron chi connectivity index (χ0n) is 8.88. The summed E-state index contributed by atoms with van der Waals surface area (Å²) in [6, 6.07) is -0.0131. The molecule has 0 bridgehead atoms. The van der Waals surface area contributed by atoms with Crippen LogP contribution in [0.15, 0.2) is 0 Å². The minimum Gasteiger partial charge on any atom is -0.353 e. The highest BCUT2D eigenvalue weighted by molar-refractivity contribution is 5.86. The molecule has 0 aromatic rings. The van der Waals surface area contributed by atoms with Crippen LogP contribution in [0.3, 0.4) is 0 Å². The molecule has 1 saturated carbocycles. The van der Waals surface area contributed by atoms with Crippen LogP contribution in [0.25, 0.3) is 0 Å². The highest BCUT2D eigenvalue weighted by Gasteiger charge is 2.31. The van der Waals surface area contributed by atoms with Gasteiger partial charge in [-0.1, -0.05) is 0 Å². The molecule has 2 fully saturated rings. The Balaban J connectivity index is 1.77. The largest absolute Gasteiger partial charge is 0.353 e. The van der Waals surface area contributed by atoms with Gasteiger partial charge in [-0.15, -0.1) is 0 Å². The van der Waals surface area contributed by atoms with E-state index < -0.39 is 0 Å². The molecular weight excluding hydrogens is 194 g/mol. The second-order valence-corrected chi connectivity index (χ2v) is 4.37. The summed E-state index contributed by atoms with van der Waals surface area (Å²) in [5, 5.41) is 8.55. The van der Waals surface area contributed by atoms with E-state index in [1.54, 1.807) is 0 Å². The van der Waals surface area contributed by atoms with Crippen LogP contribution in [-0.4, -0.2) is 37.0 Å². The van der Waals surface area contributed by atoms with Gasteiger partial charge in [0.15, 0.2) is 0 Å². The van der Waals surface area contributed by atoms with Crippen molar-refractivity contribution in [2.24, 2.45) is 5.92 Å². The number of nitrogens with one attached hydrogen (secondary N) is 3. The van der Waals surface area contributed by atoms with Gasteiger partial charge in [-0.3, -0.25) is 14.9 Å². The number of amides is 2. The van der Waals surface area contributed by atoms with Crippen molar-refractivity contribution in [2.45, 2.75) is 31.8 Å². The SMILES string of the molecule is CC(NC(=O)C1CNC(=O)CN1)C1CC1. The minimum atomic E-state index is -0.274. The van der Waals surface area contributed by atoms with Gasteiger partial charge in [-0.2, -0.15) is 0 Å². The molecule has 1 aliphatic heterocycles. The van der Waals surface area contributed by atoms with Gasteiger partial charge in [0.05, 0.1) is 6.54 Å². The summed E-state index contributed by atoms with van der Waals surface area (Å²) < 4.78 is 0. The van der Waals surface area contributed by atoms with Crippen molar-refractivity contribution < 1.29 is 9.59 Å². The standard InChI is InChI=1S/C10H17N3O2/c1-6(7-2-3-7)13-10(15)8-4-12-9(14)5-11-8/h6-8,11H,2-5H2,1H3,(H,12,14)(H,13,15). The summed E-state index contributed by atoms with van der Waals surface area (Å²) in [7, 11) is 0. The molecule has 0 spiro atoms. The Hall–Kier alpha value is -1.10. The smallest absolute Gasteiger partial charge is 0.239 e. The maximum Gasteiger partial charge on any atom is 0.239 e. The number of hydrogen-bond acceptors (Lipinski definition) is 3. The molecule has 0 aromatic carbocycles. The van der Waals surface area contributed by atoms with E-state index in [4.69, 9.17) is 0 Å². The lowest BCUT2D eigenvalue weighted by Gasteiger charge is -2.24. The Kier molecular flexibility index (Phi) is 2.90. The van der Waals surface area contributed by atoms with Gasteiger partial charge >= 0.3 is 0 Å². The lowest BCUT2D eigenvalue weighted by molar-refractivity contribution is -0.127. The molecule has 1 heterocycles. The predicted octanol–water partition coefficient (Wildman–Crippen LogP) is -1.01. The highest BCUT2D eigenvalue weighted by atomic mass is 16.2. The fraction of sp³-hybridized carbons (Fsp3) is 0.800. The molecule has 0 radical (unpaired) electrons. The summed E-state index contributed by atoms with van der Waals surface area (Å²) in [6.45, 7) is 2.66. The van der Waals surface area contributed by atoms with Crippen LogP contribution in [0.1, 0.15) is 19.8 Å². The van der Waals surface area contributed by atoms with Crippen LogP contribution in [0.2, 0.25) is 0 Å². The normalized spacial score (nSPS) is 28.1. The molecule has 0 aromatic heterocycles. The van der Waals surface area contributed by atoms with E-state index in [1.165, 1.54) is 12.8 Å². The summed E-state index contributed by atoms with van der Waals surface area (Å²) >= 11 is 0. The highest BCUT2D eigenvalue weighted by Crippen LogP contribution is 2.32. The van der Waals surface area contributed by atoms with Crippen molar-refractivity contribution in [2.75, 3.05) is 13.1 Å². The first-order valence-electron chi connectivity index (χ1n) is 5.47. The van der Waals surface area contributed by atoms with Crippen molar-refractivity contribution >= 4 is 11.8 Å². The molecule has 3 N–H and O–H groups in total. The quantitative estimate of drug-likeness (QED) is 0.560. The Morgan fingerprint density at radius 2 is 2.27 bits per heavy atom. The van der Waals surface area contributed by atoms with E-state index in [2.05, 4.69) is 16.0 Å². The third-order valence-corrected chi connectivity index (χ3v) is 3.03.